The smallest absolute Gasteiger partial charge is 0.211 e. The SMILES string of the molecule is CC1Cc2nc3c(c(NC=O)c2C1)CCC3=O. The summed E-state index contributed by atoms with van der Waals surface area (Å²) in [5.41, 5.74) is 4.52. The van der Waals surface area contributed by atoms with Crippen LogP contribution in [0.15, 0.2) is 0 Å². The molecule has 1 atom stereocenters. The number of ketones is 1. The van der Waals surface area contributed by atoms with E-state index < -0.39 is 0 Å². The number of nitrogens with zero attached hydrogens (tertiary/aromatic N) is 1. The van der Waals surface area contributed by atoms with Gasteiger partial charge in [-0.15, -0.1) is 0 Å². The van der Waals surface area contributed by atoms with Crippen LogP contribution in [0.4, 0.5) is 5.69 Å². The molecule has 4 heteroatoms. The number of nitrogens with one attached hydrogen (secondary N) is 1. The predicted octanol–water partition coefficient (Wildman–Crippen LogP) is 1.51. The normalized spacial score (nSPS) is 21.2. The molecule has 1 N–H and O–H groups in total. The fourth-order valence-corrected chi connectivity index (χ4v) is 2.92. The molecule has 2 aliphatic carbocycles. The van der Waals surface area contributed by atoms with Crippen molar-refractivity contribution in [3.63, 3.8) is 0 Å². The van der Waals surface area contributed by atoms with Crippen molar-refractivity contribution in [3.8, 4) is 0 Å². The van der Waals surface area contributed by atoms with E-state index in [0.717, 1.165) is 35.3 Å². The summed E-state index contributed by atoms with van der Waals surface area (Å²) >= 11 is 0. The van der Waals surface area contributed by atoms with Crippen molar-refractivity contribution in [2.75, 3.05) is 5.32 Å². The van der Waals surface area contributed by atoms with E-state index in [4.69, 9.17) is 0 Å². The van der Waals surface area contributed by atoms with Gasteiger partial charge in [-0.1, -0.05) is 6.92 Å². The number of Topliss-reactive ketones (excluding diaryl/α,β-unsaturated/α-hetero) is 1. The Balaban J connectivity index is 2.21. The van der Waals surface area contributed by atoms with Gasteiger partial charge in [0.2, 0.25) is 6.41 Å². The average molecular weight is 230 g/mol. The van der Waals surface area contributed by atoms with Gasteiger partial charge in [0.1, 0.15) is 5.69 Å². The summed E-state index contributed by atoms with van der Waals surface area (Å²) in [6.45, 7) is 2.17. The monoisotopic (exact) mass is 230 g/mol. The van der Waals surface area contributed by atoms with Crippen LogP contribution < -0.4 is 5.32 Å². The minimum Gasteiger partial charge on any atom is -0.328 e. The van der Waals surface area contributed by atoms with Crippen LogP contribution in [0, 0.1) is 5.92 Å². The van der Waals surface area contributed by atoms with E-state index in [9.17, 15) is 9.59 Å². The topological polar surface area (TPSA) is 59.1 Å². The van der Waals surface area contributed by atoms with Crippen LogP contribution in [0.5, 0.6) is 0 Å². The number of hydrogen-bond donors (Lipinski definition) is 1. The number of carbonyl (C=O) groups excluding carboxylic acids is 2. The molecule has 2 aliphatic rings. The molecule has 1 heterocycles. The summed E-state index contributed by atoms with van der Waals surface area (Å²) in [4.78, 5) is 26.9. The molecule has 0 aliphatic heterocycles. The van der Waals surface area contributed by atoms with Crippen LogP contribution in [-0.4, -0.2) is 17.2 Å². The minimum atomic E-state index is 0.108. The fourth-order valence-electron chi connectivity index (χ4n) is 2.92. The number of pyridine rings is 1. The van der Waals surface area contributed by atoms with Crippen LogP contribution >= 0.6 is 0 Å². The highest BCUT2D eigenvalue weighted by Crippen LogP contribution is 2.37. The molecule has 1 unspecified atom stereocenters. The van der Waals surface area contributed by atoms with Crippen LogP contribution in [0.3, 0.4) is 0 Å². The second-order valence-corrected chi connectivity index (χ2v) is 4.94. The minimum absolute atomic E-state index is 0.108. The number of rotatable bonds is 2. The number of amides is 1. The number of carbonyl (C=O) groups is 2. The Bertz CT molecular complexity index is 523. The molecule has 1 amide bonds. The molecular weight excluding hydrogens is 216 g/mol. The first-order valence-corrected chi connectivity index (χ1v) is 5.98. The van der Waals surface area contributed by atoms with Crippen molar-refractivity contribution in [3.05, 3.63) is 22.5 Å². The zero-order valence-electron chi connectivity index (χ0n) is 9.75. The summed E-state index contributed by atoms with van der Waals surface area (Å²) in [6.07, 6.45) is 3.78. The summed E-state index contributed by atoms with van der Waals surface area (Å²) in [6, 6.07) is 0. The lowest BCUT2D eigenvalue weighted by atomic mass is 10.0. The van der Waals surface area contributed by atoms with Gasteiger partial charge < -0.3 is 5.32 Å². The highest BCUT2D eigenvalue weighted by molar-refractivity contribution is 6.01. The first kappa shape index (κ1) is 10.4. The van der Waals surface area contributed by atoms with Gasteiger partial charge in [0.25, 0.3) is 0 Å². The lowest BCUT2D eigenvalue weighted by Gasteiger charge is -2.11. The maximum atomic E-state index is 11.7. The van der Waals surface area contributed by atoms with Gasteiger partial charge in [0, 0.05) is 17.7 Å². The fraction of sp³-hybridized carbons (Fsp3) is 0.462. The highest BCUT2D eigenvalue weighted by Gasteiger charge is 2.31. The Morgan fingerprint density at radius 3 is 2.88 bits per heavy atom. The van der Waals surface area contributed by atoms with E-state index in [0.29, 0.717) is 30.9 Å². The Morgan fingerprint density at radius 2 is 2.12 bits per heavy atom. The summed E-state index contributed by atoms with van der Waals surface area (Å²) in [5, 5.41) is 2.78. The van der Waals surface area contributed by atoms with Crippen molar-refractivity contribution < 1.29 is 9.59 Å². The number of anilines is 1. The first-order valence-electron chi connectivity index (χ1n) is 5.98. The quantitative estimate of drug-likeness (QED) is 0.783. The lowest BCUT2D eigenvalue weighted by Crippen LogP contribution is -2.07. The molecular formula is C13H14N2O2. The van der Waals surface area contributed by atoms with E-state index in [1.54, 1.807) is 0 Å². The third kappa shape index (κ3) is 1.47. The average Bonchev–Trinajstić information content (AvgIpc) is 2.83. The number of aromatic nitrogens is 1. The van der Waals surface area contributed by atoms with Gasteiger partial charge in [-0.05, 0) is 30.7 Å². The molecule has 0 aromatic carbocycles. The van der Waals surface area contributed by atoms with E-state index in [1.165, 1.54) is 0 Å². The van der Waals surface area contributed by atoms with Gasteiger partial charge in [-0.2, -0.15) is 0 Å². The summed E-state index contributed by atoms with van der Waals surface area (Å²) < 4.78 is 0. The summed E-state index contributed by atoms with van der Waals surface area (Å²) in [5.74, 6) is 0.652. The third-order valence-electron chi connectivity index (χ3n) is 3.65. The van der Waals surface area contributed by atoms with Crippen molar-refractivity contribution >= 4 is 17.9 Å². The van der Waals surface area contributed by atoms with E-state index in [1.807, 2.05) is 0 Å². The largest absolute Gasteiger partial charge is 0.328 e. The molecule has 0 bridgehead atoms. The molecule has 3 rings (SSSR count). The molecule has 0 radical (unpaired) electrons. The predicted molar refractivity (Wildman–Crippen MR) is 63.1 cm³/mol. The number of fused-ring (bicyclic) bond motifs is 2. The maximum absolute atomic E-state index is 11.7. The lowest BCUT2D eigenvalue weighted by molar-refractivity contribution is -0.105. The molecule has 1 aromatic rings. The molecule has 17 heavy (non-hydrogen) atoms. The Morgan fingerprint density at radius 1 is 1.29 bits per heavy atom. The zero-order chi connectivity index (χ0) is 12.0. The van der Waals surface area contributed by atoms with E-state index in [2.05, 4.69) is 17.2 Å². The third-order valence-corrected chi connectivity index (χ3v) is 3.65. The van der Waals surface area contributed by atoms with Crippen LogP contribution in [0.1, 0.15) is 40.7 Å². The van der Waals surface area contributed by atoms with Crippen molar-refractivity contribution in [2.24, 2.45) is 5.92 Å². The molecule has 1 aromatic heterocycles. The molecule has 0 spiro atoms. The molecule has 0 saturated carbocycles. The molecule has 0 fully saturated rings. The van der Waals surface area contributed by atoms with Crippen molar-refractivity contribution in [1.82, 2.24) is 4.98 Å². The standard InChI is InChI=1S/C13H14N2O2/c1-7-4-9-10(5-7)15-13-8(2-3-11(13)17)12(9)14-6-16/h6-7H,2-5H2,1H3,(H,14,15,16). The Hall–Kier alpha value is -1.71. The van der Waals surface area contributed by atoms with Gasteiger partial charge in [0.15, 0.2) is 5.78 Å². The van der Waals surface area contributed by atoms with Crippen LogP contribution in [0.25, 0.3) is 0 Å². The van der Waals surface area contributed by atoms with Gasteiger partial charge in [0.05, 0.1) is 5.69 Å². The first-order chi connectivity index (χ1) is 8.20. The van der Waals surface area contributed by atoms with Crippen LogP contribution in [-0.2, 0) is 24.1 Å². The maximum Gasteiger partial charge on any atom is 0.211 e. The second kappa shape index (κ2) is 3.65. The Kier molecular flexibility index (Phi) is 2.24. The molecule has 88 valence electrons. The van der Waals surface area contributed by atoms with E-state index in [-0.39, 0.29) is 5.78 Å². The van der Waals surface area contributed by atoms with Gasteiger partial charge in [-0.25, -0.2) is 4.98 Å². The van der Waals surface area contributed by atoms with Crippen molar-refractivity contribution in [1.29, 1.82) is 0 Å². The zero-order valence-corrected chi connectivity index (χ0v) is 9.75. The van der Waals surface area contributed by atoms with Gasteiger partial charge in [-0.3, -0.25) is 9.59 Å². The van der Waals surface area contributed by atoms with Gasteiger partial charge >= 0.3 is 0 Å². The molecule has 4 nitrogen and oxygen atoms in total. The van der Waals surface area contributed by atoms with E-state index >= 15 is 0 Å². The van der Waals surface area contributed by atoms with Crippen molar-refractivity contribution in [2.45, 2.75) is 32.6 Å². The number of hydrogen-bond acceptors (Lipinski definition) is 3. The second-order valence-electron chi connectivity index (χ2n) is 4.94. The highest BCUT2D eigenvalue weighted by atomic mass is 16.1. The van der Waals surface area contributed by atoms with Crippen LogP contribution in [0.2, 0.25) is 0 Å². The Labute approximate surface area is 99.4 Å². The summed E-state index contributed by atoms with van der Waals surface area (Å²) in [7, 11) is 0. The molecule has 0 saturated heterocycles.